The molecule has 1 aromatic rings. The van der Waals surface area contributed by atoms with Crippen LogP contribution >= 0.6 is 15.9 Å². The summed E-state index contributed by atoms with van der Waals surface area (Å²) in [5, 5.41) is 0. The molecule has 2 unspecified atom stereocenters. The molecule has 0 spiro atoms. The lowest BCUT2D eigenvalue weighted by Gasteiger charge is -2.38. The highest BCUT2D eigenvalue weighted by atomic mass is 79.9. The molecule has 1 aliphatic heterocycles. The second-order valence-electron chi connectivity index (χ2n) is 5.03. The standard InChI is InChI=1S/C14H21BrN2O/c1-4-11-5-12(16)6-13(15)14(11)17-7-9(2)18-10(3)8-17/h5-6,9-10H,4,7-8,16H2,1-3H3. The van der Waals surface area contributed by atoms with E-state index in [1.54, 1.807) is 0 Å². The Balaban J connectivity index is 2.37. The highest BCUT2D eigenvalue weighted by molar-refractivity contribution is 9.10. The minimum absolute atomic E-state index is 0.267. The maximum Gasteiger partial charge on any atom is 0.0726 e. The molecule has 3 nitrogen and oxygen atoms in total. The summed E-state index contributed by atoms with van der Waals surface area (Å²) < 4.78 is 6.88. The Kier molecular flexibility index (Phi) is 4.17. The van der Waals surface area contributed by atoms with Crippen molar-refractivity contribution in [1.29, 1.82) is 0 Å². The summed E-state index contributed by atoms with van der Waals surface area (Å²) in [7, 11) is 0. The molecule has 2 N–H and O–H groups in total. The molecule has 1 aromatic carbocycles. The summed E-state index contributed by atoms with van der Waals surface area (Å²) in [5.74, 6) is 0. The molecule has 18 heavy (non-hydrogen) atoms. The molecule has 0 bridgehead atoms. The van der Waals surface area contributed by atoms with E-state index in [0.29, 0.717) is 0 Å². The van der Waals surface area contributed by atoms with Crippen LogP contribution in [0.2, 0.25) is 0 Å². The maximum absolute atomic E-state index is 5.91. The summed E-state index contributed by atoms with van der Waals surface area (Å²) in [4.78, 5) is 2.40. The van der Waals surface area contributed by atoms with Crippen molar-refractivity contribution in [1.82, 2.24) is 0 Å². The van der Waals surface area contributed by atoms with Crippen molar-refractivity contribution in [3.63, 3.8) is 0 Å². The first-order valence-corrected chi connectivity index (χ1v) is 7.28. The molecule has 2 rings (SSSR count). The molecule has 1 aliphatic rings. The van der Waals surface area contributed by atoms with Crippen molar-refractivity contribution < 1.29 is 4.74 Å². The zero-order valence-corrected chi connectivity index (χ0v) is 12.8. The Hall–Kier alpha value is -0.740. The second kappa shape index (κ2) is 5.49. The number of aryl methyl sites for hydroxylation is 1. The molecule has 4 heteroatoms. The van der Waals surface area contributed by atoms with Gasteiger partial charge in [0.25, 0.3) is 0 Å². The molecule has 0 saturated carbocycles. The molecule has 2 atom stereocenters. The van der Waals surface area contributed by atoms with Crippen LogP contribution in [0, 0.1) is 0 Å². The predicted molar refractivity (Wildman–Crippen MR) is 80.2 cm³/mol. The Bertz CT molecular complexity index is 426. The van der Waals surface area contributed by atoms with Crippen LogP contribution in [-0.4, -0.2) is 25.3 Å². The highest BCUT2D eigenvalue weighted by Gasteiger charge is 2.25. The van der Waals surface area contributed by atoms with Crippen molar-refractivity contribution in [2.45, 2.75) is 39.4 Å². The van der Waals surface area contributed by atoms with Gasteiger partial charge in [0.15, 0.2) is 0 Å². The summed E-state index contributed by atoms with van der Waals surface area (Å²) in [6.07, 6.45) is 1.52. The van der Waals surface area contributed by atoms with Crippen molar-refractivity contribution in [2.75, 3.05) is 23.7 Å². The van der Waals surface area contributed by atoms with E-state index in [-0.39, 0.29) is 12.2 Å². The minimum atomic E-state index is 0.267. The zero-order valence-electron chi connectivity index (χ0n) is 11.2. The van der Waals surface area contributed by atoms with Crippen LogP contribution in [0.15, 0.2) is 16.6 Å². The average Bonchev–Trinajstić information content (AvgIpc) is 2.26. The van der Waals surface area contributed by atoms with E-state index in [1.165, 1.54) is 11.3 Å². The maximum atomic E-state index is 5.91. The Morgan fingerprint density at radius 2 is 1.94 bits per heavy atom. The molecular weight excluding hydrogens is 292 g/mol. The molecule has 0 radical (unpaired) electrons. The summed E-state index contributed by atoms with van der Waals surface area (Å²) in [5.41, 5.74) is 9.30. The zero-order chi connectivity index (χ0) is 13.3. The SMILES string of the molecule is CCc1cc(N)cc(Br)c1N1CC(C)OC(C)C1. The van der Waals surface area contributed by atoms with Crippen molar-refractivity contribution >= 4 is 27.3 Å². The number of nitrogens with zero attached hydrogens (tertiary/aromatic N) is 1. The number of nitrogen functional groups attached to an aromatic ring is 1. The Morgan fingerprint density at radius 1 is 1.33 bits per heavy atom. The fraction of sp³-hybridized carbons (Fsp3) is 0.571. The lowest BCUT2D eigenvalue weighted by Crippen LogP contribution is -2.46. The number of morpholine rings is 1. The molecule has 1 heterocycles. The number of rotatable bonds is 2. The largest absolute Gasteiger partial charge is 0.399 e. The third-order valence-electron chi connectivity index (χ3n) is 3.28. The number of nitrogens with two attached hydrogens (primary N) is 1. The smallest absolute Gasteiger partial charge is 0.0726 e. The average molecular weight is 313 g/mol. The quantitative estimate of drug-likeness (QED) is 0.852. The van der Waals surface area contributed by atoms with E-state index in [9.17, 15) is 0 Å². The van der Waals surface area contributed by atoms with E-state index in [1.807, 2.05) is 6.07 Å². The first-order valence-electron chi connectivity index (χ1n) is 6.49. The van der Waals surface area contributed by atoms with Crippen LogP contribution in [0.4, 0.5) is 11.4 Å². The normalized spacial score (nSPS) is 24.3. The van der Waals surface area contributed by atoms with E-state index in [2.05, 4.69) is 47.7 Å². The first kappa shape index (κ1) is 13.7. The van der Waals surface area contributed by atoms with E-state index >= 15 is 0 Å². The van der Waals surface area contributed by atoms with Gasteiger partial charge in [0.1, 0.15) is 0 Å². The van der Waals surface area contributed by atoms with Crippen LogP contribution < -0.4 is 10.6 Å². The molecule has 0 amide bonds. The molecule has 1 saturated heterocycles. The van der Waals surface area contributed by atoms with Gasteiger partial charge < -0.3 is 15.4 Å². The topological polar surface area (TPSA) is 38.5 Å². The van der Waals surface area contributed by atoms with Gasteiger partial charge in [-0.2, -0.15) is 0 Å². The van der Waals surface area contributed by atoms with Crippen LogP contribution in [-0.2, 0) is 11.2 Å². The van der Waals surface area contributed by atoms with Gasteiger partial charge in [-0.05, 0) is 53.9 Å². The molecular formula is C14H21BrN2O. The van der Waals surface area contributed by atoms with Gasteiger partial charge in [0.2, 0.25) is 0 Å². The molecule has 100 valence electrons. The van der Waals surface area contributed by atoms with Crippen LogP contribution in [0.3, 0.4) is 0 Å². The minimum Gasteiger partial charge on any atom is -0.399 e. The van der Waals surface area contributed by atoms with Gasteiger partial charge in [0, 0.05) is 23.2 Å². The molecule has 1 fully saturated rings. The van der Waals surface area contributed by atoms with Gasteiger partial charge >= 0.3 is 0 Å². The van der Waals surface area contributed by atoms with Crippen molar-refractivity contribution in [2.24, 2.45) is 0 Å². The summed E-state index contributed by atoms with van der Waals surface area (Å²) in [6.45, 7) is 8.27. The fourth-order valence-corrected chi connectivity index (χ4v) is 3.43. The number of benzene rings is 1. The number of ether oxygens (including phenoxy) is 1. The number of anilines is 2. The first-order chi connectivity index (χ1) is 8.51. The summed E-state index contributed by atoms with van der Waals surface area (Å²) >= 11 is 3.65. The number of hydrogen-bond acceptors (Lipinski definition) is 3. The predicted octanol–water partition coefficient (Wildman–Crippen LogP) is 3.21. The second-order valence-corrected chi connectivity index (χ2v) is 5.88. The van der Waals surface area contributed by atoms with Gasteiger partial charge in [-0.15, -0.1) is 0 Å². The van der Waals surface area contributed by atoms with E-state index < -0.39 is 0 Å². The monoisotopic (exact) mass is 312 g/mol. The van der Waals surface area contributed by atoms with E-state index in [0.717, 1.165) is 29.7 Å². The number of halogens is 1. The molecule has 0 aliphatic carbocycles. The third-order valence-corrected chi connectivity index (χ3v) is 3.89. The van der Waals surface area contributed by atoms with Crippen LogP contribution in [0.5, 0.6) is 0 Å². The van der Waals surface area contributed by atoms with Gasteiger partial charge in [-0.3, -0.25) is 0 Å². The Morgan fingerprint density at radius 3 is 2.50 bits per heavy atom. The Labute approximate surface area is 117 Å². The summed E-state index contributed by atoms with van der Waals surface area (Å²) in [6, 6.07) is 4.06. The number of hydrogen-bond donors (Lipinski definition) is 1. The van der Waals surface area contributed by atoms with Gasteiger partial charge in [-0.1, -0.05) is 6.92 Å². The van der Waals surface area contributed by atoms with E-state index in [4.69, 9.17) is 10.5 Å². The lowest BCUT2D eigenvalue weighted by molar-refractivity contribution is -0.00529. The van der Waals surface area contributed by atoms with Crippen LogP contribution in [0.1, 0.15) is 26.3 Å². The highest BCUT2D eigenvalue weighted by Crippen LogP contribution is 2.34. The van der Waals surface area contributed by atoms with Crippen molar-refractivity contribution in [3.05, 3.63) is 22.2 Å². The van der Waals surface area contributed by atoms with Gasteiger partial charge in [-0.25, -0.2) is 0 Å². The third kappa shape index (κ3) is 2.81. The van der Waals surface area contributed by atoms with Gasteiger partial charge in [0.05, 0.1) is 17.9 Å². The van der Waals surface area contributed by atoms with Crippen molar-refractivity contribution in [3.8, 4) is 0 Å². The lowest BCUT2D eigenvalue weighted by atomic mass is 10.1. The molecule has 0 aromatic heterocycles. The fourth-order valence-electron chi connectivity index (χ4n) is 2.66. The van der Waals surface area contributed by atoms with Crippen LogP contribution in [0.25, 0.3) is 0 Å².